The van der Waals surface area contributed by atoms with Crippen LogP contribution >= 0.6 is 46.1 Å². The number of alkyl halides is 1. The van der Waals surface area contributed by atoms with E-state index < -0.39 is 18.0 Å². The van der Waals surface area contributed by atoms with E-state index in [0.717, 1.165) is 42.5 Å². The number of esters is 1. The van der Waals surface area contributed by atoms with Gasteiger partial charge in [0, 0.05) is 26.2 Å². The predicted molar refractivity (Wildman–Crippen MR) is 137 cm³/mol. The van der Waals surface area contributed by atoms with Gasteiger partial charge >= 0.3 is 5.97 Å². The number of rotatable bonds is 12. The minimum absolute atomic E-state index is 0.0109. The highest BCUT2D eigenvalue weighted by molar-refractivity contribution is 7.13. The number of carbonyl (C=O) groups excluding carboxylic acids is 1. The molecule has 0 aliphatic heterocycles. The molecule has 0 saturated heterocycles. The lowest BCUT2D eigenvalue weighted by molar-refractivity contribution is 0.0309. The van der Waals surface area contributed by atoms with E-state index in [1.807, 2.05) is 18.2 Å². The van der Waals surface area contributed by atoms with Crippen molar-refractivity contribution in [2.75, 3.05) is 19.8 Å². The van der Waals surface area contributed by atoms with Crippen LogP contribution in [0.5, 0.6) is 0 Å². The van der Waals surface area contributed by atoms with Crippen LogP contribution in [0.3, 0.4) is 0 Å². The third-order valence-corrected chi connectivity index (χ3v) is 8.52. The second kappa shape index (κ2) is 13.4. The summed E-state index contributed by atoms with van der Waals surface area (Å²) in [6, 6.07) is 9.21. The average Bonchev–Trinajstić information content (AvgIpc) is 3.36. The largest absolute Gasteiger partial charge is 0.461 e. The second-order valence-corrected chi connectivity index (χ2v) is 11.6. The van der Waals surface area contributed by atoms with Gasteiger partial charge in [-0.3, -0.25) is 0 Å². The zero-order valence-electron chi connectivity index (χ0n) is 18.8. The molecule has 1 aromatic carbocycles. The number of ether oxygens (including phenoxy) is 1. The lowest BCUT2D eigenvalue weighted by atomic mass is 9.85. The lowest BCUT2D eigenvalue weighted by Gasteiger charge is -2.23. The Labute approximate surface area is 219 Å². The molecule has 1 heterocycles. The molecule has 1 fully saturated rings. The predicted octanol–water partition coefficient (Wildman–Crippen LogP) is 5.37. The molecule has 0 amide bonds. The number of aliphatic hydroxyl groups is 3. The van der Waals surface area contributed by atoms with E-state index in [-0.39, 0.29) is 37.0 Å². The first-order chi connectivity index (χ1) is 16.3. The van der Waals surface area contributed by atoms with E-state index in [1.54, 1.807) is 12.1 Å². The maximum atomic E-state index is 12.2. The molecule has 0 spiro atoms. The summed E-state index contributed by atoms with van der Waals surface area (Å²) < 4.78 is 5.18. The van der Waals surface area contributed by atoms with Crippen molar-refractivity contribution in [3.05, 3.63) is 55.7 Å². The van der Waals surface area contributed by atoms with Crippen LogP contribution in [-0.2, 0) is 17.6 Å². The number of carbonyl (C=O) groups is 1. The number of thiophene rings is 1. The Balaban J connectivity index is 1.49. The first kappa shape index (κ1) is 27.7. The van der Waals surface area contributed by atoms with Gasteiger partial charge in [0.05, 0.1) is 25.9 Å². The molecule has 3 rings (SSSR count). The van der Waals surface area contributed by atoms with Gasteiger partial charge in [0.25, 0.3) is 0 Å². The maximum absolute atomic E-state index is 12.2. The minimum atomic E-state index is -0.461. The molecular weight excluding hydrogens is 519 g/mol. The minimum Gasteiger partial charge on any atom is -0.461 e. The van der Waals surface area contributed by atoms with Gasteiger partial charge in [-0.25, -0.2) is 4.79 Å². The summed E-state index contributed by atoms with van der Waals surface area (Å²) in [5, 5.41) is 29.9. The fourth-order valence-electron chi connectivity index (χ4n) is 4.59. The highest BCUT2D eigenvalue weighted by Crippen LogP contribution is 2.42. The Morgan fingerprint density at radius 3 is 2.44 bits per heavy atom. The van der Waals surface area contributed by atoms with Crippen molar-refractivity contribution >= 4 is 52.1 Å². The topological polar surface area (TPSA) is 87.0 Å². The average molecular weight is 550 g/mol. The van der Waals surface area contributed by atoms with Crippen LogP contribution in [0.2, 0.25) is 10.0 Å². The van der Waals surface area contributed by atoms with Crippen molar-refractivity contribution < 1.29 is 24.9 Å². The van der Waals surface area contributed by atoms with Crippen molar-refractivity contribution in [3.63, 3.8) is 0 Å². The van der Waals surface area contributed by atoms with Crippen LogP contribution in [0.15, 0.2) is 30.3 Å². The fraction of sp³-hybridized carbons (Fsp3) is 0.560. The monoisotopic (exact) mass is 548 g/mol. The van der Waals surface area contributed by atoms with Gasteiger partial charge in [0.1, 0.15) is 4.88 Å². The van der Waals surface area contributed by atoms with Crippen LogP contribution in [0.25, 0.3) is 0 Å². The molecule has 0 radical (unpaired) electrons. The van der Waals surface area contributed by atoms with Gasteiger partial charge in [0.15, 0.2) is 0 Å². The summed E-state index contributed by atoms with van der Waals surface area (Å²) in [5.41, 5.74) is 1.06. The van der Waals surface area contributed by atoms with Crippen molar-refractivity contribution in [3.8, 4) is 0 Å². The molecule has 2 aromatic rings. The summed E-state index contributed by atoms with van der Waals surface area (Å²) in [6.07, 6.45) is 4.43. The summed E-state index contributed by atoms with van der Waals surface area (Å²) in [4.78, 5) is 13.8. The highest BCUT2D eigenvalue weighted by atomic mass is 35.5. The fourth-order valence-corrected chi connectivity index (χ4v) is 6.60. The summed E-state index contributed by atoms with van der Waals surface area (Å²) >= 11 is 20.2. The van der Waals surface area contributed by atoms with Gasteiger partial charge in [0.2, 0.25) is 0 Å². The maximum Gasteiger partial charge on any atom is 0.348 e. The van der Waals surface area contributed by atoms with E-state index >= 15 is 0 Å². The molecule has 5 nitrogen and oxygen atoms in total. The zero-order valence-corrected chi connectivity index (χ0v) is 21.9. The number of aryl methyl sites for hydroxylation is 2. The van der Waals surface area contributed by atoms with E-state index in [2.05, 4.69) is 0 Å². The van der Waals surface area contributed by atoms with Gasteiger partial charge in [-0.05, 0) is 86.3 Å². The van der Waals surface area contributed by atoms with E-state index in [4.69, 9.17) is 49.8 Å². The molecular formula is C25H31Cl3O5S. The van der Waals surface area contributed by atoms with Crippen LogP contribution in [0.4, 0.5) is 0 Å². The standard InChI is InChI=1S/C25H31Cl3O5S/c26-17-8-15(9-18(27)10-17)4-6-21-20(22(28)11-23(21)31)3-1-2-19-5-7-24(34-19)25(32)33-14-16(12-29)13-30/h5,7-10,16,20-23,29-31H,1-4,6,11-14H2/t20-,21-,22-,23-/m1/s1. The Kier molecular flexibility index (Phi) is 11.0. The Morgan fingerprint density at radius 2 is 1.76 bits per heavy atom. The van der Waals surface area contributed by atoms with Gasteiger partial charge in [-0.2, -0.15) is 0 Å². The van der Waals surface area contributed by atoms with E-state index in [0.29, 0.717) is 21.3 Å². The molecule has 1 aliphatic carbocycles. The van der Waals surface area contributed by atoms with Gasteiger partial charge in [-0.15, -0.1) is 22.9 Å². The zero-order chi connectivity index (χ0) is 24.7. The molecule has 1 aliphatic rings. The lowest BCUT2D eigenvalue weighted by Crippen LogP contribution is -2.21. The number of aliphatic hydroxyl groups excluding tert-OH is 3. The number of benzene rings is 1. The molecule has 4 atom stereocenters. The highest BCUT2D eigenvalue weighted by Gasteiger charge is 2.40. The summed E-state index contributed by atoms with van der Waals surface area (Å²) in [6.45, 7) is -0.474. The Bertz CT molecular complexity index is 913. The molecule has 3 N–H and O–H groups in total. The van der Waals surface area contributed by atoms with E-state index in [9.17, 15) is 9.90 Å². The summed E-state index contributed by atoms with van der Waals surface area (Å²) in [5.74, 6) is -0.550. The van der Waals surface area contributed by atoms with E-state index in [1.165, 1.54) is 11.3 Å². The molecule has 0 bridgehead atoms. The third-order valence-electron chi connectivity index (χ3n) is 6.45. The Hall–Kier alpha value is -0.860. The SMILES string of the molecule is O=C(OCC(CO)CO)c1ccc(CCC[C@@H]2[C@@H](CCc3cc(Cl)cc(Cl)c3)[C@H](O)C[C@H]2Cl)s1. The van der Waals surface area contributed by atoms with Crippen molar-refractivity contribution in [1.29, 1.82) is 0 Å². The van der Waals surface area contributed by atoms with Crippen molar-refractivity contribution in [2.45, 2.75) is 50.0 Å². The summed E-state index contributed by atoms with van der Waals surface area (Å²) in [7, 11) is 0. The number of hydrogen-bond donors (Lipinski definition) is 3. The first-order valence-corrected chi connectivity index (χ1v) is 13.6. The molecule has 9 heteroatoms. The Morgan fingerprint density at radius 1 is 1.06 bits per heavy atom. The van der Waals surface area contributed by atoms with Crippen LogP contribution in [0, 0.1) is 17.8 Å². The van der Waals surface area contributed by atoms with Crippen LogP contribution in [-0.4, -0.2) is 52.6 Å². The number of hydrogen-bond acceptors (Lipinski definition) is 6. The van der Waals surface area contributed by atoms with Crippen molar-refractivity contribution in [1.82, 2.24) is 0 Å². The quantitative estimate of drug-likeness (QED) is 0.245. The molecule has 1 saturated carbocycles. The van der Waals surface area contributed by atoms with Crippen LogP contribution < -0.4 is 0 Å². The number of halogens is 3. The second-order valence-electron chi connectivity index (χ2n) is 8.95. The van der Waals surface area contributed by atoms with Crippen LogP contribution in [0.1, 0.15) is 45.8 Å². The molecule has 1 aromatic heterocycles. The van der Waals surface area contributed by atoms with Crippen molar-refractivity contribution in [2.24, 2.45) is 17.8 Å². The molecule has 34 heavy (non-hydrogen) atoms. The normalized spacial score (nSPS) is 22.4. The smallest absolute Gasteiger partial charge is 0.348 e. The first-order valence-electron chi connectivity index (χ1n) is 11.5. The van der Waals surface area contributed by atoms with Gasteiger partial charge in [-0.1, -0.05) is 23.2 Å². The molecule has 0 unspecified atom stereocenters. The van der Waals surface area contributed by atoms with Gasteiger partial charge < -0.3 is 20.1 Å². The third kappa shape index (κ3) is 7.82. The molecule has 188 valence electrons.